The topological polar surface area (TPSA) is 4.93 Å². The first-order valence-corrected chi connectivity index (χ1v) is 8.88. The molecule has 0 aliphatic rings. The second-order valence-electron chi connectivity index (χ2n) is 7.13. The largest absolute Gasteiger partial charge is 4.00 e. The number of hydrogen-bond acceptors (Lipinski definition) is 0. The van der Waals surface area contributed by atoms with Gasteiger partial charge in [-0.15, -0.1) is 41.1 Å². The van der Waals surface area contributed by atoms with Crippen LogP contribution < -0.4 is 24.8 Å². The van der Waals surface area contributed by atoms with Crippen LogP contribution in [0.2, 0.25) is 0 Å². The third-order valence-corrected chi connectivity index (χ3v) is 5.21. The Hall–Kier alpha value is -1.25. The normalized spacial score (nSPS) is 9.64. The molecule has 0 saturated carbocycles. The van der Waals surface area contributed by atoms with Crippen molar-refractivity contribution in [2.24, 2.45) is 0 Å². The summed E-state index contributed by atoms with van der Waals surface area (Å²) < 4.78 is 2.25. The SMILES string of the molecule is Cc1c[c-](C)c(C)c1C.Cc1cc(C)n(-c2cc3ccccc3[cH-]2)c1.[Cl-].[Cl-].[Ti+4]. The van der Waals surface area contributed by atoms with E-state index in [0.29, 0.717) is 0 Å². The molecule has 0 N–H and O–H groups in total. The minimum absolute atomic E-state index is 0. The Morgan fingerprint density at radius 2 is 1.57 bits per heavy atom. The maximum Gasteiger partial charge on any atom is 4.00 e. The molecule has 1 nitrogen and oxygen atoms in total. The molecule has 146 valence electrons. The number of halogens is 2. The quantitative estimate of drug-likeness (QED) is 0.297. The number of fused-ring (bicyclic) bond motifs is 1. The molecule has 28 heavy (non-hydrogen) atoms. The van der Waals surface area contributed by atoms with Crippen molar-refractivity contribution in [3.63, 3.8) is 0 Å². The summed E-state index contributed by atoms with van der Waals surface area (Å²) in [4.78, 5) is 0. The van der Waals surface area contributed by atoms with E-state index in [1.165, 1.54) is 50.0 Å². The Balaban J connectivity index is 0.000000533. The summed E-state index contributed by atoms with van der Waals surface area (Å²) in [7, 11) is 0. The van der Waals surface area contributed by atoms with E-state index < -0.39 is 0 Å². The first-order valence-electron chi connectivity index (χ1n) is 8.88. The third-order valence-electron chi connectivity index (χ3n) is 5.21. The second-order valence-corrected chi connectivity index (χ2v) is 7.13. The molecule has 4 aromatic rings. The van der Waals surface area contributed by atoms with Crippen molar-refractivity contribution in [1.82, 2.24) is 4.57 Å². The summed E-state index contributed by atoms with van der Waals surface area (Å²) in [6.45, 7) is 13.0. The van der Waals surface area contributed by atoms with Crippen LogP contribution in [-0.4, -0.2) is 4.57 Å². The molecule has 0 amide bonds. The van der Waals surface area contributed by atoms with E-state index in [4.69, 9.17) is 0 Å². The van der Waals surface area contributed by atoms with Gasteiger partial charge in [-0.25, -0.2) is 0 Å². The van der Waals surface area contributed by atoms with Crippen molar-refractivity contribution in [1.29, 1.82) is 0 Å². The van der Waals surface area contributed by atoms with Crippen molar-refractivity contribution in [3.05, 3.63) is 88.2 Å². The molecule has 0 radical (unpaired) electrons. The minimum Gasteiger partial charge on any atom is -1.00 e. The van der Waals surface area contributed by atoms with Crippen LogP contribution in [0.5, 0.6) is 0 Å². The molecule has 0 saturated heterocycles. The summed E-state index contributed by atoms with van der Waals surface area (Å²) >= 11 is 0. The number of nitrogens with zero attached hydrogens (tertiary/aromatic N) is 1. The molecule has 0 unspecified atom stereocenters. The molecule has 4 heteroatoms. The number of rotatable bonds is 1. The molecule has 0 fully saturated rings. The smallest absolute Gasteiger partial charge is 1.00 e. The van der Waals surface area contributed by atoms with E-state index in [0.717, 1.165) is 0 Å². The summed E-state index contributed by atoms with van der Waals surface area (Å²) in [6.07, 6.45) is 2.18. The van der Waals surface area contributed by atoms with Gasteiger partial charge in [0.2, 0.25) is 0 Å². The van der Waals surface area contributed by atoms with Gasteiger partial charge in [0.05, 0.1) is 0 Å². The molecule has 0 bridgehead atoms. The summed E-state index contributed by atoms with van der Waals surface area (Å²) in [5.41, 5.74) is 9.59. The van der Waals surface area contributed by atoms with E-state index in [1.54, 1.807) is 0 Å². The van der Waals surface area contributed by atoms with Gasteiger partial charge in [0.25, 0.3) is 0 Å². The molecular weight excluding hydrogens is 421 g/mol. The van der Waals surface area contributed by atoms with Gasteiger partial charge in [0, 0.05) is 11.9 Å². The van der Waals surface area contributed by atoms with Crippen molar-refractivity contribution >= 4 is 10.8 Å². The molecular formula is C24H27Cl2NTi. The van der Waals surface area contributed by atoms with E-state index in [1.807, 2.05) is 0 Å². The molecule has 0 spiro atoms. The summed E-state index contributed by atoms with van der Waals surface area (Å²) in [5.74, 6) is 0. The summed E-state index contributed by atoms with van der Waals surface area (Å²) in [5, 5.41) is 2.62. The third kappa shape index (κ3) is 5.64. The predicted molar refractivity (Wildman–Crippen MR) is 109 cm³/mol. The minimum atomic E-state index is 0. The van der Waals surface area contributed by atoms with Gasteiger partial charge in [-0.2, -0.15) is 28.3 Å². The fraction of sp³-hybridized carbons (Fsp3) is 0.250. The Morgan fingerprint density at radius 1 is 0.929 bits per heavy atom. The van der Waals surface area contributed by atoms with Gasteiger partial charge in [-0.1, -0.05) is 33.8 Å². The van der Waals surface area contributed by atoms with E-state index >= 15 is 0 Å². The Morgan fingerprint density at radius 3 is 2.00 bits per heavy atom. The van der Waals surface area contributed by atoms with Gasteiger partial charge >= 0.3 is 21.7 Å². The molecule has 1 aromatic heterocycles. The van der Waals surface area contributed by atoms with Crippen LogP contribution in [0.4, 0.5) is 0 Å². The van der Waals surface area contributed by atoms with Crippen LogP contribution in [0.15, 0.2) is 54.7 Å². The van der Waals surface area contributed by atoms with Gasteiger partial charge in [0.15, 0.2) is 0 Å². The van der Waals surface area contributed by atoms with Crippen LogP contribution in [0, 0.1) is 41.5 Å². The predicted octanol–water partition coefficient (Wildman–Crippen LogP) is 0.611. The number of aromatic nitrogens is 1. The average molecular weight is 448 g/mol. The Labute approximate surface area is 196 Å². The van der Waals surface area contributed by atoms with Crippen LogP contribution in [0.25, 0.3) is 16.5 Å². The van der Waals surface area contributed by atoms with Crippen LogP contribution in [0.3, 0.4) is 0 Å². The molecule has 0 aliphatic heterocycles. The monoisotopic (exact) mass is 447 g/mol. The number of hydrogen-bond donors (Lipinski definition) is 0. The van der Waals surface area contributed by atoms with Crippen LogP contribution in [0.1, 0.15) is 33.5 Å². The number of benzene rings is 1. The Kier molecular flexibility index (Phi) is 10.6. The first-order chi connectivity index (χ1) is 11.9. The zero-order chi connectivity index (χ0) is 18.1. The van der Waals surface area contributed by atoms with E-state index in [2.05, 4.69) is 101 Å². The standard InChI is InChI=1S/C15H14N.C9H13.2ClH.Ti/c1-11-7-12(2)16(10-11)15-8-13-5-3-4-6-14(13)9-15;1-6-5-7(2)9(4)8(6)3;;;/h3-10H,1-2H3;5H,1-4H3;2*1H;/q2*-1;;;+4/p-2. The molecule has 0 aliphatic carbocycles. The maximum atomic E-state index is 2.25. The Bertz CT molecular complexity index is 965. The van der Waals surface area contributed by atoms with Crippen LogP contribution >= 0.6 is 0 Å². The van der Waals surface area contributed by atoms with Crippen molar-refractivity contribution in [3.8, 4) is 5.69 Å². The van der Waals surface area contributed by atoms with E-state index in [-0.39, 0.29) is 46.5 Å². The zero-order valence-electron chi connectivity index (χ0n) is 17.4. The van der Waals surface area contributed by atoms with Crippen LogP contribution in [-0.2, 0) is 21.7 Å². The second kappa shape index (κ2) is 11.1. The van der Waals surface area contributed by atoms with E-state index in [9.17, 15) is 0 Å². The van der Waals surface area contributed by atoms with Gasteiger partial charge in [-0.05, 0) is 31.2 Å². The number of aryl methyl sites for hydroxylation is 4. The molecule has 3 aromatic carbocycles. The maximum absolute atomic E-state index is 2.25. The fourth-order valence-corrected chi connectivity index (χ4v) is 3.43. The van der Waals surface area contributed by atoms with Crippen molar-refractivity contribution in [2.45, 2.75) is 41.5 Å². The van der Waals surface area contributed by atoms with Gasteiger partial charge in [-0.3, -0.25) is 0 Å². The average Bonchev–Trinajstić information content (AvgIpc) is 3.21. The van der Waals surface area contributed by atoms with Gasteiger partial charge in [0.1, 0.15) is 0 Å². The molecule has 1 heterocycles. The molecule has 0 atom stereocenters. The fourth-order valence-electron chi connectivity index (χ4n) is 3.43. The molecule has 4 rings (SSSR count). The summed E-state index contributed by atoms with van der Waals surface area (Å²) in [6, 6.07) is 17.4. The first kappa shape index (κ1) is 26.8. The van der Waals surface area contributed by atoms with Gasteiger partial charge < -0.3 is 29.4 Å². The van der Waals surface area contributed by atoms with Crippen molar-refractivity contribution < 1.29 is 46.5 Å². The van der Waals surface area contributed by atoms with Crippen molar-refractivity contribution in [2.75, 3.05) is 0 Å². The zero-order valence-corrected chi connectivity index (χ0v) is 20.5.